The van der Waals surface area contributed by atoms with Gasteiger partial charge in [0, 0.05) is 32.0 Å². The number of fused-ring (bicyclic) bond motifs is 1. The van der Waals surface area contributed by atoms with Crippen molar-refractivity contribution < 1.29 is 38.4 Å². The summed E-state index contributed by atoms with van der Waals surface area (Å²) in [7, 11) is 0. The highest BCUT2D eigenvalue weighted by atomic mass is 16.6. The molecular formula is C40H47N3O8. The molecule has 1 aliphatic carbocycles. The Morgan fingerprint density at radius 1 is 0.902 bits per heavy atom. The molecule has 3 unspecified atom stereocenters. The number of benzene rings is 3. The molecule has 1 aliphatic heterocycles. The van der Waals surface area contributed by atoms with Crippen LogP contribution in [0.3, 0.4) is 0 Å². The van der Waals surface area contributed by atoms with Crippen LogP contribution < -0.4 is 15.4 Å². The van der Waals surface area contributed by atoms with Crippen molar-refractivity contribution in [3.05, 3.63) is 125 Å². The number of hydrogen-bond acceptors (Lipinski definition) is 9. The molecule has 5 atom stereocenters. The zero-order valence-electron chi connectivity index (χ0n) is 28.7. The molecule has 11 nitrogen and oxygen atoms in total. The smallest absolute Gasteiger partial charge is 0.407 e. The van der Waals surface area contributed by atoms with Crippen LogP contribution in [0, 0.1) is 5.92 Å². The number of carbonyl (C=O) groups is 2. The van der Waals surface area contributed by atoms with Crippen molar-refractivity contribution in [2.45, 2.75) is 56.6 Å². The standard InChI is InChI=1S/C40H47N3O8/c44-36(35(24-28-7-2-1-3-8-28)41-40(47)51-27-33-10-6-19-49-33)26-31(39(46)42-38-34-11-5-4-9-30(34)25-37(38)45)23-29-12-14-32(15-13-29)50-22-18-43-16-20-48-21-17-43/h1-15,19,31,35-38,44-45H,16-18,20-27H2,(H,41,47)(H,42,46)/t31?,35?,36?,37-,38-/m0/s1. The molecule has 2 amide bonds. The minimum Gasteiger partial charge on any atom is -0.492 e. The van der Waals surface area contributed by atoms with Crippen molar-refractivity contribution in [2.75, 3.05) is 39.5 Å². The van der Waals surface area contributed by atoms with Gasteiger partial charge < -0.3 is 39.5 Å². The Balaban J connectivity index is 1.15. The Kier molecular flexibility index (Phi) is 12.8. The summed E-state index contributed by atoms with van der Waals surface area (Å²) >= 11 is 0. The second kappa shape index (κ2) is 18.0. The van der Waals surface area contributed by atoms with E-state index in [4.69, 9.17) is 18.6 Å². The third-order valence-corrected chi connectivity index (χ3v) is 9.58. The predicted octanol–water partition coefficient (Wildman–Crippen LogP) is 4.21. The number of morpholine rings is 1. The Hall–Kier alpha value is -4.68. The van der Waals surface area contributed by atoms with Crippen LogP contribution in [0.15, 0.2) is 102 Å². The van der Waals surface area contributed by atoms with Crippen molar-refractivity contribution in [1.82, 2.24) is 15.5 Å². The van der Waals surface area contributed by atoms with Gasteiger partial charge in [-0.1, -0.05) is 66.7 Å². The summed E-state index contributed by atoms with van der Waals surface area (Å²) in [5, 5.41) is 28.6. The van der Waals surface area contributed by atoms with E-state index < -0.39 is 36.3 Å². The summed E-state index contributed by atoms with van der Waals surface area (Å²) in [6.07, 6.45) is 0.0551. The fourth-order valence-electron chi connectivity index (χ4n) is 6.76. The Labute approximate surface area is 298 Å². The number of hydrogen-bond donors (Lipinski definition) is 4. The van der Waals surface area contributed by atoms with Crippen LogP contribution in [-0.4, -0.2) is 84.8 Å². The monoisotopic (exact) mass is 697 g/mol. The van der Waals surface area contributed by atoms with Gasteiger partial charge in [-0.15, -0.1) is 0 Å². The Morgan fingerprint density at radius 2 is 1.65 bits per heavy atom. The average Bonchev–Trinajstić information content (AvgIpc) is 3.79. The number of ether oxygens (including phenoxy) is 3. The summed E-state index contributed by atoms with van der Waals surface area (Å²) in [4.78, 5) is 29.3. The first-order chi connectivity index (χ1) is 24.9. The minimum atomic E-state index is -1.11. The number of rotatable bonds is 16. The maximum absolute atomic E-state index is 14.1. The maximum atomic E-state index is 14.1. The van der Waals surface area contributed by atoms with Crippen molar-refractivity contribution in [3.63, 3.8) is 0 Å². The van der Waals surface area contributed by atoms with Gasteiger partial charge in [-0.05, 0) is 65.8 Å². The molecule has 4 aromatic rings. The normalized spacial score (nSPS) is 19.0. The van der Waals surface area contributed by atoms with Crippen molar-refractivity contribution in [3.8, 4) is 5.75 Å². The van der Waals surface area contributed by atoms with Crippen molar-refractivity contribution in [2.24, 2.45) is 5.92 Å². The molecule has 2 heterocycles. The average molecular weight is 698 g/mol. The molecule has 0 bridgehead atoms. The summed E-state index contributed by atoms with van der Waals surface area (Å²) in [5.41, 5.74) is 3.68. The topological polar surface area (TPSA) is 143 Å². The molecule has 1 fully saturated rings. The number of amides is 2. The Bertz CT molecular complexity index is 1660. The predicted molar refractivity (Wildman–Crippen MR) is 190 cm³/mol. The second-order valence-corrected chi connectivity index (χ2v) is 13.2. The number of furan rings is 1. The number of aliphatic hydroxyl groups is 2. The van der Waals surface area contributed by atoms with Crippen molar-refractivity contribution >= 4 is 12.0 Å². The first-order valence-corrected chi connectivity index (χ1v) is 17.7. The van der Waals surface area contributed by atoms with E-state index in [-0.39, 0.29) is 18.9 Å². The molecule has 11 heteroatoms. The fourth-order valence-corrected chi connectivity index (χ4v) is 6.76. The van der Waals surface area contributed by atoms with Gasteiger partial charge in [-0.3, -0.25) is 9.69 Å². The fraction of sp³-hybridized carbons (Fsp3) is 0.400. The largest absolute Gasteiger partial charge is 0.492 e. The molecule has 6 rings (SSSR count). The van der Waals surface area contributed by atoms with Crippen molar-refractivity contribution in [1.29, 1.82) is 0 Å². The zero-order chi connectivity index (χ0) is 35.4. The van der Waals surface area contributed by atoms with Gasteiger partial charge in [0.2, 0.25) is 5.91 Å². The van der Waals surface area contributed by atoms with Crippen LogP contribution in [-0.2, 0) is 40.1 Å². The van der Waals surface area contributed by atoms with Gasteiger partial charge in [0.1, 0.15) is 18.1 Å². The molecule has 3 aromatic carbocycles. The summed E-state index contributed by atoms with van der Waals surface area (Å²) in [6, 6.07) is 27.0. The van der Waals surface area contributed by atoms with E-state index in [1.807, 2.05) is 78.9 Å². The van der Waals surface area contributed by atoms with E-state index in [0.29, 0.717) is 31.6 Å². The van der Waals surface area contributed by atoms with Crippen LogP contribution in [0.2, 0.25) is 0 Å². The van der Waals surface area contributed by atoms with Crippen LogP contribution in [0.1, 0.15) is 40.5 Å². The first-order valence-electron chi connectivity index (χ1n) is 17.7. The lowest BCUT2D eigenvalue weighted by atomic mass is 9.88. The lowest BCUT2D eigenvalue weighted by Crippen LogP contribution is -2.47. The van der Waals surface area contributed by atoms with Crippen LogP contribution in [0.25, 0.3) is 0 Å². The lowest BCUT2D eigenvalue weighted by Gasteiger charge is -2.28. The molecule has 270 valence electrons. The molecule has 1 saturated heterocycles. The second-order valence-electron chi connectivity index (χ2n) is 13.2. The first kappa shape index (κ1) is 36.1. The highest BCUT2D eigenvalue weighted by Gasteiger charge is 2.35. The van der Waals surface area contributed by atoms with E-state index in [9.17, 15) is 19.8 Å². The van der Waals surface area contributed by atoms with Crippen LogP contribution in [0.5, 0.6) is 5.75 Å². The number of alkyl carbamates (subject to hydrolysis) is 1. The van der Waals surface area contributed by atoms with Gasteiger partial charge in [0.15, 0.2) is 6.61 Å². The number of nitrogens with one attached hydrogen (secondary N) is 2. The highest BCUT2D eigenvalue weighted by Crippen LogP contribution is 2.32. The van der Waals surface area contributed by atoms with E-state index in [2.05, 4.69) is 15.5 Å². The quantitative estimate of drug-likeness (QED) is 0.135. The van der Waals surface area contributed by atoms with E-state index in [1.54, 1.807) is 12.1 Å². The Morgan fingerprint density at radius 3 is 2.41 bits per heavy atom. The maximum Gasteiger partial charge on any atom is 0.407 e. The number of nitrogens with zero attached hydrogens (tertiary/aromatic N) is 1. The third kappa shape index (κ3) is 10.4. The molecule has 2 aliphatic rings. The summed E-state index contributed by atoms with van der Waals surface area (Å²) in [5.74, 6) is 0.247. The van der Waals surface area contributed by atoms with Gasteiger partial charge >= 0.3 is 6.09 Å². The highest BCUT2D eigenvalue weighted by molar-refractivity contribution is 5.80. The van der Waals surface area contributed by atoms with Gasteiger partial charge in [-0.25, -0.2) is 4.79 Å². The summed E-state index contributed by atoms with van der Waals surface area (Å²) < 4.78 is 22.1. The molecule has 0 spiro atoms. The SMILES string of the molecule is O=C(NC(Cc1ccccc1)C(O)CC(Cc1ccc(OCCN2CCOCC2)cc1)C(=O)N[C@H]1c2ccccc2C[C@@H]1O)OCc1ccco1. The zero-order valence-corrected chi connectivity index (χ0v) is 28.7. The van der Waals surface area contributed by atoms with Gasteiger partial charge in [-0.2, -0.15) is 0 Å². The van der Waals surface area contributed by atoms with E-state index >= 15 is 0 Å². The van der Waals surface area contributed by atoms with Gasteiger partial charge in [0.25, 0.3) is 0 Å². The molecule has 4 N–H and O–H groups in total. The lowest BCUT2D eigenvalue weighted by molar-refractivity contribution is -0.127. The van der Waals surface area contributed by atoms with E-state index in [0.717, 1.165) is 60.9 Å². The molecule has 1 aromatic heterocycles. The molecular weight excluding hydrogens is 650 g/mol. The molecule has 0 saturated carbocycles. The summed E-state index contributed by atoms with van der Waals surface area (Å²) in [6.45, 7) is 4.59. The molecule has 0 radical (unpaired) electrons. The third-order valence-electron chi connectivity index (χ3n) is 9.58. The number of aliphatic hydroxyl groups excluding tert-OH is 2. The molecule has 51 heavy (non-hydrogen) atoms. The minimum absolute atomic E-state index is 0.0457. The van der Waals surface area contributed by atoms with Gasteiger partial charge in [0.05, 0.1) is 43.8 Å². The van der Waals surface area contributed by atoms with Crippen LogP contribution in [0.4, 0.5) is 4.79 Å². The number of carbonyl (C=O) groups excluding carboxylic acids is 2. The van der Waals surface area contributed by atoms with E-state index in [1.165, 1.54) is 6.26 Å². The van der Waals surface area contributed by atoms with Crippen LogP contribution >= 0.6 is 0 Å².